The zero-order chi connectivity index (χ0) is 22.6. The Morgan fingerprint density at radius 2 is 1.73 bits per heavy atom. The number of pyridine rings is 1. The highest BCUT2D eigenvalue weighted by molar-refractivity contribution is 7.13. The maximum atomic E-state index is 13.0. The van der Waals surface area contributed by atoms with Crippen LogP contribution in [0.15, 0.2) is 72.5 Å². The minimum absolute atomic E-state index is 0.0722. The number of nitrogens with one attached hydrogen (secondary N) is 1. The van der Waals surface area contributed by atoms with Crippen molar-refractivity contribution in [3.8, 4) is 10.4 Å². The van der Waals surface area contributed by atoms with E-state index >= 15 is 0 Å². The molecule has 1 aliphatic heterocycles. The van der Waals surface area contributed by atoms with Crippen molar-refractivity contribution >= 4 is 34.7 Å². The predicted octanol–water partition coefficient (Wildman–Crippen LogP) is 4.61. The van der Waals surface area contributed by atoms with Crippen LogP contribution >= 0.6 is 11.3 Å². The van der Waals surface area contributed by atoms with E-state index in [-0.39, 0.29) is 5.91 Å². The number of hydrogen-bond acceptors (Lipinski definition) is 7. The monoisotopic (exact) mass is 456 g/mol. The lowest BCUT2D eigenvalue weighted by Crippen LogP contribution is -2.49. The largest absolute Gasteiger partial charge is 0.353 e. The van der Waals surface area contributed by atoms with Gasteiger partial charge in [-0.25, -0.2) is 15.0 Å². The Balaban J connectivity index is 1.21. The summed E-state index contributed by atoms with van der Waals surface area (Å²) in [6.07, 6.45) is 3.33. The van der Waals surface area contributed by atoms with Gasteiger partial charge in [0.05, 0.1) is 0 Å². The van der Waals surface area contributed by atoms with Gasteiger partial charge >= 0.3 is 0 Å². The Labute approximate surface area is 196 Å². The molecule has 3 aromatic heterocycles. The molecule has 8 heteroatoms. The fraction of sp³-hybridized carbons (Fsp3) is 0.200. The van der Waals surface area contributed by atoms with Crippen LogP contribution in [0.4, 0.5) is 17.5 Å². The van der Waals surface area contributed by atoms with Gasteiger partial charge in [0.1, 0.15) is 23.8 Å². The summed E-state index contributed by atoms with van der Waals surface area (Å²) in [7, 11) is 0. The first-order chi connectivity index (χ1) is 16.2. The topological polar surface area (TPSA) is 74.2 Å². The van der Waals surface area contributed by atoms with E-state index < -0.39 is 0 Å². The molecule has 1 aliphatic rings. The Morgan fingerprint density at radius 3 is 2.45 bits per heavy atom. The van der Waals surface area contributed by atoms with Gasteiger partial charge in [0.2, 0.25) is 0 Å². The van der Waals surface area contributed by atoms with Gasteiger partial charge in [-0.2, -0.15) is 0 Å². The first kappa shape index (κ1) is 21.1. The molecule has 1 amide bonds. The summed E-state index contributed by atoms with van der Waals surface area (Å²) in [5.41, 5.74) is 2.99. The van der Waals surface area contributed by atoms with Crippen molar-refractivity contribution in [2.24, 2.45) is 0 Å². The second kappa shape index (κ2) is 9.38. The van der Waals surface area contributed by atoms with Crippen molar-refractivity contribution in [3.63, 3.8) is 0 Å². The number of amides is 1. The molecule has 0 atom stereocenters. The summed E-state index contributed by atoms with van der Waals surface area (Å²) in [4.78, 5) is 31.4. The normalized spacial score (nSPS) is 13.7. The minimum atomic E-state index is 0.0722. The van der Waals surface area contributed by atoms with Crippen LogP contribution in [0.5, 0.6) is 0 Å². The van der Waals surface area contributed by atoms with E-state index in [1.54, 1.807) is 23.9 Å². The molecule has 1 fully saturated rings. The van der Waals surface area contributed by atoms with Gasteiger partial charge in [0, 0.05) is 48.9 Å². The van der Waals surface area contributed by atoms with Crippen molar-refractivity contribution in [1.82, 2.24) is 19.9 Å². The molecular weight excluding hydrogens is 432 g/mol. The standard InChI is InChI=1S/C25H24N6OS/c1-18-8-9-26-22(15-18)29-23-16-24(28-17-27-23)30-10-12-31(13-11-30)25(32)20-6-4-19(5-7-20)21-3-2-14-33-21/h2-9,14-17H,10-13H2,1H3,(H,26,27,28,29). The van der Waals surface area contributed by atoms with Gasteiger partial charge in [0.15, 0.2) is 0 Å². The van der Waals surface area contributed by atoms with Crippen LogP contribution in [-0.4, -0.2) is 51.9 Å². The molecule has 7 nitrogen and oxygen atoms in total. The Bertz CT molecular complexity index is 1230. The summed E-state index contributed by atoms with van der Waals surface area (Å²) in [6.45, 7) is 4.77. The lowest BCUT2D eigenvalue weighted by atomic mass is 10.1. The van der Waals surface area contributed by atoms with Crippen molar-refractivity contribution < 1.29 is 4.79 Å². The number of aromatic nitrogens is 3. The van der Waals surface area contributed by atoms with E-state index in [1.165, 1.54) is 4.88 Å². The molecular formula is C25H24N6OS. The van der Waals surface area contributed by atoms with Crippen LogP contribution in [-0.2, 0) is 0 Å². The highest BCUT2D eigenvalue weighted by Crippen LogP contribution is 2.25. The lowest BCUT2D eigenvalue weighted by molar-refractivity contribution is 0.0746. The summed E-state index contributed by atoms with van der Waals surface area (Å²) < 4.78 is 0. The van der Waals surface area contributed by atoms with Gasteiger partial charge in [-0.1, -0.05) is 18.2 Å². The molecule has 4 aromatic rings. The molecule has 5 rings (SSSR count). The first-order valence-electron chi connectivity index (χ1n) is 10.9. The van der Waals surface area contributed by atoms with Crippen LogP contribution < -0.4 is 10.2 Å². The second-order valence-electron chi connectivity index (χ2n) is 7.94. The Kier molecular flexibility index (Phi) is 5.99. The summed E-state index contributed by atoms with van der Waals surface area (Å²) >= 11 is 1.70. The predicted molar refractivity (Wildman–Crippen MR) is 132 cm³/mol. The number of hydrogen-bond donors (Lipinski definition) is 1. The number of piperazine rings is 1. The molecule has 166 valence electrons. The molecule has 1 N–H and O–H groups in total. The second-order valence-corrected chi connectivity index (χ2v) is 8.89. The molecule has 33 heavy (non-hydrogen) atoms. The van der Waals surface area contributed by atoms with Crippen molar-refractivity contribution in [2.45, 2.75) is 6.92 Å². The summed E-state index contributed by atoms with van der Waals surface area (Å²) in [5.74, 6) is 2.36. The molecule has 0 unspecified atom stereocenters. The highest BCUT2D eigenvalue weighted by Gasteiger charge is 2.23. The SMILES string of the molecule is Cc1ccnc(Nc2cc(N3CCN(C(=O)c4ccc(-c5cccs5)cc4)CC3)ncn2)c1. The molecule has 0 spiro atoms. The van der Waals surface area contributed by atoms with Crippen molar-refractivity contribution in [3.05, 3.63) is 83.6 Å². The molecule has 0 aliphatic carbocycles. The average molecular weight is 457 g/mol. The van der Waals surface area contributed by atoms with Gasteiger partial charge < -0.3 is 15.1 Å². The number of rotatable bonds is 5. The van der Waals surface area contributed by atoms with Crippen LogP contribution in [0.3, 0.4) is 0 Å². The fourth-order valence-electron chi connectivity index (χ4n) is 3.87. The van der Waals surface area contributed by atoms with Gasteiger partial charge in [-0.3, -0.25) is 4.79 Å². The van der Waals surface area contributed by atoms with Gasteiger partial charge in [-0.15, -0.1) is 11.3 Å². The molecule has 1 saturated heterocycles. The summed E-state index contributed by atoms with van der Waals surface area (Å²) in [5, 5.41) is 5.29. The number of aryl methyl sites for hydroxylation is 1. The number of carbonyl (C=O) groups excluding carboxylic acids is 1. The highest BCUT2D eigenvalue weighted by atomic mass is 32.1. The third-order valence-corrected chi connectivity index (χ3v) is 6.57. The van der Waals surface area contributed by atoms with E-state index in [9.17, 15) is 4.79 Å². The fourth-order valence-corrected chi connectivity index (χ4v) is 4.60. The maximum absolute atomic E-state index is 13.0. The minimum Gasteiger partial charge on any atom is -0.353 e. The zero-order valence-corrected chi connectivity index (χ0v) is 19.1. The van der Waals surface area contributed by atoms with E-state index in [0.29, 0.717) is 18.9 Å². The van der Waals surface area contributed by atoms with E-state index in [4.69, 9.17) is 0 Å². The number of anilines is 3. The smallest absolute Gasteiger partial charge is 0.253 e. The molecule has 4 heterocycles. The van der Waals surface area contributed by atoms with Crippen LogP contribution in [0, 0.1) is 6.92 Å². The van der Waals surface area contributed by atoms with E-state index in [2.05, 4.69) is 36.6 Å². The third-order valence-electron chi connectivity index (χ3n) is 5.65. The zero-order valence-electron chi connectivity index (χ0n) is 18.3. The molecule has 1 aromatic carbocycles. The van der Waals surface area contributed by atoms with Crippen LogP contribution in [0.1, 0.15) is 15.9 Å². The number of benzene rings is 1. The van der Waals surface area contributed by atoms with Gasteiger partial charge in [-0.05, 0) is 53.8 Å². The van der Waals surface area contributed by atoms with Crippen LogP contribution in [0.25, 0.3) is 10.4 Å². The molecule has 0 radical (unpaired) electrons. The van der Waals surface area contributed by atoms with Crippen LogP contribution in [0.2, 0.25) is 0 Å². The number of thiophene rings is 1. The van der Waals surface area contributed by atoms with Crippen molar-refractivity contribution in [2.75, 3.05) is 36.4 Å². The quantitative estimate of drug-likeness (QED) is 0.473. The lowest BCUT2D eigenvalue weighted by Gasteiger charge is -2.35. The molecule has 0 bridgehead atoms. The Morgan fingerprint density at radius 1 is 0.939 bits per heavy atom. The summed E-state index contributed by atoms with van der Waals surface area (Å²) in [6, 6.07) is 17.9. The average Bonchev–Trinajstić information content (AvgIpc) is 3.39. The Hall–Kier alpha value is -3.78. The van der Waals surface area contributed by atoms with Gasteiger partial charge in [0.25, 0.3) is 5.91 Å². The first-order valence-corrected chi connectivity index (χ1v) is 11.7. The van der Waals surface area contributed by atoms with Crippen molar-refractivity contribution in [1.29, 1.82) is 0 Å². The van der Waals surface area contributed by atoms with E-state index in [0.717, 1.165) is 41.4 Å². The number of carbonyl (C=O) groups is 1. The van der Waals surface area contributed by atoms with E-state index in [1.807, 2.05) is 60.4 Å². The molecule has 0 saturated carbocycles. The number of nitrogens with zero attached hydrogens (tertiary/aromatic N) is 5. The maximum Gasteiger partial charge on any atom is 0.253 e. The third kappa shape index (κ3) is 4.85.